The lowest BCUT2D eigenvalue weighted by Gasteiger charge is -2.37. The average Bonchev–Trinajstić information content (AvgIpc) is 3.25. The minimum atomic E-state index is 0.234. The zero-order valence-electron chi connectivity index (χ0n) is 18.9. The quantitative estimate of drug-likeness (QED) is 0.446. The van der Waals surface area contributed by atoms with Crippen LogP contribution in [-0.4, -0.2) is 55.9 Å². The number of aryl methyl sites for hydroxylation is 1. The van der Waals surface area contributed by atoms with Gasteiger partial charge in [-0.15, -0.1) is 11.3 Å². The van der Waals surface area contributed by atoms with Crippen LogP contribution in [0.1, 0.15) is 29.4 Å². The Morgan fingerprint density at radius 2 is 1.73 bits per heavy atom. The summed E-state index contributed by atoms with van der Waals surface area (Å²) < 4.78 is 1.25. The van der Waals surface area contributed by atoms with Gasteiger partial charge in [-0.2, -0.15) is 15.0 Å². The van der Waals surface area contributed by atoms with Crippen molar-refractivity contribution in [3.63, 3.8) is 0 Å². The van der Waals surface area contributed by atoms with Gasteiger partial charge in [0.05, 0.1) is 22.8 Å². The van der Waals surface area contributed by atoms with Crippen molar-refractivity contribution in [3.8, 4) is 0 Å². The molecule has 8 nitrogen and oxygen atoms in total. The van der Waals surface area contributed by atoms with E-state index in [1.54, 1.807) is 11.3 Å². The van der Waals surface area contributed by atoms with Gasteiger partial charge in [0.15, 0.2) is 0 Å². The van der Waals surface area contributed by atoms with Crippen molar-refractivity contribution in [3.05, 3.63) is 64.9 Å². The number of fused-ring (bicyclic) bond motifs is 1. The number of aromatic nitrogens is 4. The van der Waals surface area contributed by atoms with Crippen LogP contribution in [0.4, 0.5) is 17.6 Å². The molecule has 1 aliphatic rings. The molecule has 5 rings (SSSR count). The predicted molar refractivity (Wildman–Crippen MR) is 134 cm³/mol. The van der Waals surface area contributed by atoms with Gasteiger partial charge in [-0.1, -0.05) is 29.8 Å². The van der Waals surface area contributed by atoms with Crippen molar-refractivity contribution < 1.29 is 0 Å². The molecule has 0 aliphatic carbocycles. The van der Waals surface area contributed by atoms with Crippen LogP contribution in [-0.2, 0) is 6.54 Å². The molecule has 1 unspecified atom stereocenters. The zero-order chi connectivity index (χ0) is 22.8. The molecule has 0 bridgehead atoms. The summed E-state index contributed by atoms with van der Waals surface area (Å²) in [6.07, 6.45) is 0. The third kappa shape index (κ3) is 5.11. The number of nitrogens with one attached hydrogen (secondary N) is 1. The second kappa shape index (κ2) is 9.38. The number of hydrogen-bond donors (Lipinski definition) is 2. The summed E-state index contributed by atoms with van der Waals surface area (Å²) in [6.45, 7) is 8.81. The van der Waals surface area contributed by atoms with Crippen LogP contribution in [0, 0.1) is 6.92 Å². The third-order valence-electron chi connectivity index (χ3n) is 5.99. The maximum absolute atomic E-state index is 5.97. The number of hydrogen-bond acceptors (Lipinski definition) is 9. The van der Waals surface area contributed by atoms with Crippen molar-refractivity contribution in [2.75, 3.05) is 37.2 Å². The fourth-order valence-electron chi connectivity index (χ4n) is 4.06. The smallest absolute Gasteiger partial charge is 0.232 e. The summed E-state index contributed by atoms with van der Waals surface area (Å²) in [4.78, 5) is 22.9. The highest BCUT2D eigenvalue weighted by molar-refractivity contribution is 7.18. The predicted octanol–water partition coefficient (Wildman–Crippen LogP) is 3.99. The fraction of sp³-hybridized carbons (Fsp3) is 0.333. The van der Waals surface area contributed by atoms with Crippen molar-refractivity contribution >= 4 is 39.1 Å². The molecule has 3 N–H and O–H groups in total. The van der Waals surface area contributed by atoms with Gasteiger partial charge in [-0.05, 0) is 38.1 Å². The maximum Gasteiger partial charge on any atom is 0.232 e. The molecule has 0 amide bonds. The molecule has 0 radical (unpaired) electrons. The van der Waals surface area contributed by atoms with E-state index in [0.29, 0.717) is 24.4 Å². The molecule has 2 aromatic heterocycles. The zero-order valence-corrected chi connectivity index (χ0v) is 19.7. The van der Waals surface area contributed by atoms with E-state index in [-0.39, 0.29) is 5.95 Å². The molecule has 9 heteroatoms. The molecule has 170 valence electrons. The molecule has 1 atom stereocenters. The number of thiazole rings is 1. The Morgan fingerprint density at radius 3 is 2.48 bits per heavy atom. The summed E-state index contributed by atoms with van der Waals surface area (Å²) in [5.74, 6) is 1.40. The Balaban J connectivity index is 1.20. The molecule has 1 fully saturated rings. The van der Waals surface area contributed by atoms with Crippen LogP contribution >= 0.6 is 11.3 Å². The van der Waals surface area contributed by atoms with E-state index < -0.39 is 0 Å². The number of para-hydroxylation sites is 1. The van der Waals surface area contributed by atoms with Crippen LogP contribution < -0.4 is 11.1 Å². The number of nitrogen functional groups attached to an aromatic ring is 1. The Labute approximate surface area is 197 Å². The minimum absolute atomic E-state index is 0.234. The molecule has 1 aliphatic heterocycles. The topological polar surface area (TPSA) is 96.1 Å². The van der Waals surface area contributed by atoms with Gasteiger partial charge in [0, 0.05) is 31.9 Å². The summed E-state index contributed by atoms with van der Waals surface area (Å²) in [5, 5.41) is 4.41. The van der Waals surface area contributed by atoms with Crippen molar-refractivity contribution in [2.24, 2.45) is 0 Å². The summed E-state index contributed by atoms with van der Waals surface area (Å²) in [7, 11) is 0. The first-order valence-electron chi connectivity index (χ1n) is 11.2. The normalized spacial score (nSPS) is 16.2. The van der Waals surface area contributed by atoms with Crippen LogP contribution in [0.25, 0.3) is 10.2 Å². The Hall–Kier alpha value is -3.14. The van der Waals surface area contributed by atoms with E-state index in [1.165, 1.54) is 15.3 Å². The van der Waals surface area contributed by atoms with E-state index in [4.69, 9.17) is 10.7 Å². The lowest BCUT2D eigenvalue weighted by atomic mass is 10.2. The Morgan fingerprint density at radius 1 is 0.970 bits per heavy atom. The van der Waals surface area contributed by atoms with Gasteiger partial charge in [-0.25, -0.2) is 4.98 Å². The molecule has 2 aromatic carbocycles. The second-order valence-electron chi connectivity index (χ2n) is 8.43. The lowest BCUT2D eigenvalue weighted by Crippen LogP contribution is -2.46. The van der Waals surface area contributed by atoms with E-state index in [2.05, 4.69) is 62.1 Å². The van der Waals surface area contributed by atoms with Crippen LogP contribution in [0.15, 0.2) is 48.5 Å². The highest BCUT2D eigenvalue weighted by atomic mass is 32.1. The molecule has 4 aromatic rings. The molecule has 0 saturated carbocycles. The molecule has 33 heavy (non-hydrogen) atoms. The highest BCUT2D eigenvalue weighted by Crippen LogP contribution is 2.30. The summed E-state index contributed by atoms with van der Waals surface area (Å²) in [6, 6.07) is 16.7. The second-order valence-corrected chi connectivity index (χ2v) is 9.49. The first-order valence-corrected chi connectivity index (χ1v) is 12.0. The van der Waals surface area contributed by atoms with Crippen molar-refractivity contribution in [2.45, 2.75) is 26.4 Å². The molecular weight excluding hydrogens is 432 g/mol. The maximum atomic E-state index is 5.97. The molecule has 3 heterocycles. The summed E-state index contributed by atoms with van der Waals surface area (Å²) >= 11 is 1.79. The number of benzene rings is 2. The van der Waals surface area contributed by atoms with Crippen molar-refractivity contribution in [1.29, 1.82) is 0 Å². The highest BCUT2D eigenvalue weighted by Gasteiger charge is 2.25. The standard InChI is InChI=1S/C24H28N8S/c1-16-7-9-18(10-8-16)26-24-29-21(28-23(25)30-24)15-31-11-13-32(14-12-31)17(2)22-27-19-5-3-4-6-20(19)33-22/h3-10,17H,11-15H2,1-2H3,(H3,25,26,28,29,30). The fourth-order valence-corrected chi connectivity index (χ4v) is 5.12. The SMILES string of the molecule is Cc1ccc(Nc2nc(N)nc(CN3CCN(C(C)c4nc5ccccc5s4)CC3)n2)cc1. The van der Waals surface area contributed by atoms with Gasteiger partial charge >= 0.3 is 0 Å². The monoisotopic (exact) mass is 460 g/mol. The van der Waals surface area contributed by atoms with Crippen molar-refractivity contribution in [1.82, 2.24) is 29.7 Å². The van der Waals surface area contributed by atoms with Crippen LogP contribution in [0.3, 0.4) is 0 Å². The van der Waals surface area contributed by atoms with Crippen LogP contribution in [0.2, 0.25) is 0 Å². The van der Waals surface area contributed by atoms with E-state index in [1.807, 2.05) is 30.3 Å². The number of anilines is 3. The number of nitrogens with zero attached hydrogens (tertiary/aromatic N) is 6. The third-order valence-corrected chi connectivity index (χ3v) is 7.20. The van der Waals surface area contributed by atoms with Gasteiger partial charge in [0.1, 0.15) is 10.8 Å². The van der Waals surface area contributed by atoms with Gasteiger partial charge in [-0.3, -0.25) is 9.80 Å². The van der Waals surface area contributed by atoms with E-state index >= 15 is 0 Å². The number of piperazine rings is 1. The average molecular weight is 461 g/mol. The Kier molecular flexibility index (Phi) is 6.17. The van der Waals surface area contributed by atoms with Crippen LogP contribution in [0.5, 0.6) is 0 Å². The first kappa shape index (κ1) is 21.7. The first-order chi connectivity index (χ1) is 16.0. The van der Waals surface area contributed by atoms with E-state index in [0.717, 1.165) is 37.4 Å². The number of rotatable bonds is 6. The largest absolute Gasteiger partial charge is 0.368 e. The molecule has 1 saturated heterocycles. The van der Waals surface area contributed by atoms with Gasteiger partial charge in [0.2, 0.25) is 11.9 Å². The lowest BCUT2D eigenvalue weighted by molar-refractivity contribution is 0.0962. The summed E-state index contributed by atoms with van der Waals surface area (Å²) in [5.41, 5.74) is 9.18. The Bertz CT molecular complexity index is 1200. The van der Waals surface area contributed by atoms with Gasteiger partial charge < -0.3 is 11.1 Å². The number of nitrogens with two attached hydrogens (primary N) is 1. The van der Waals surface area contributed by atoms with E-state index in [9.17, 15) is 0 Å². The minimum Gasteiger partial charge on any atom is -0.368 e. The molecule has 0 spiro atoms. The molecular formula is C24H28N8S. The van der Waals surface area contributed by atoms with Gasteiger partial charge in [0.25, 0.3) is 0 Å².